The van der Waals surface area contributed by atoms with Crippen molar-refractivity contribution < 1.29 is 19.1 Å². The molecular weight excluding hydrogens is 348 g/mol. The Hall–Kier alpha value is -3.68. The monoisotopic (exact) mass is 368 g/mol. The smallest absolute Gasteiger partial charge is 0.329 e. The summed E-state index contributed by atoms with van der Waals surface area (Å²) in [5.41, 5.74) is 3.63. The van der Waals surface area contributed by atoms with Crippen LogP contribution in [0.25, 0.3) is 0 Å². The van der Waals surface area contributed by atoms with E-state index in [0.717, 1.165) is 5.56 Å². The summed E-state index contributed by atoms with van der Waals surface area (Å²) in [6.07, 6.45) is 1.33. The molecule has 0 aliphatic carbocycles. The van der Waals surface area contributed by atoms with E-state index in [0.29, 0.717) is 17.9 Å². The lowest BCUT2D eigenvalue weighted by atomic mass is 10.2. The van der Waals surface area contributed by atoms with Crippen molar-refractivity contribution in [1.82, 2.24) is 16.1 Å². The van der Waals surface area contributed by atoms with Crippen molar-refractivity contribution in [2.75, 3.05) is 13.7 Å². The molecule has 0 fully saturated rings. The fourth-order valence-corrected chi connectivity index (χ4v) is 2.03. The molecule has 0 bridgehead atoms. The van der Waals surface area contributed by atoms with Crippen molar-refractivity contribution >= 4 is 23.9 Å². The number of hydrogen-bond donors (Lipinski definition) is 3. The number of nitrogens with one attached hydrogen (secondary N) is 3. The zero-order valence-corrected chi connectivity index (χ0v) is 14.8. The number of benzene rings is 2. The standard InChI is InChI=1S/C19H20N4O4/c1-20-18(25)19(26)23-22-12-15-9-5-6-10-16(15)27-13-17(24)21-11-14-7-3-2-4-8-14/h2-10,12H,11,13H2,1H3,(H,20,25)(H,21,24)(H,23,26)/b22-12-. The number of hydrazone groups is 1. The van der Waals surface area contributed by atoms with Crippen molar-refractivity contribution in [1.29, 1.82) is 0 Å². The van der Waals surface area contributed by atoms with Gasteiger partial charge in [0.25, 0.3) is 5.91 Å². The minimum atomic E-state index is -0.882. The first-order valence-electron chi connectivity index (χ1n) is 8.17. The molecule has 0 atom stereocenters. The van der Waals surface area contributed by atoms with Gasteiger partial charge in [0.1, 0.15) is 5.75 Å². The maximum Gasteiger partial charge on any atom is 0.329 e. The van der Waals surface area contributed by atoms with Gasteiger partial charge in [-0.3, -0.25) is 14.4 Å². The van der Waals surface area contributed by atoms with Crippen LogP contribution in [0.15, 0.2) is 59.7 Å². The Morgan fingerprint density at radius 3 is 2.44 bits per heavy atom. The average Bonchev–Trinajstić information content (AvgIpc) is 2.71. The maximum absolute atomic E-state index is 11.9. The Bertz CT molecular complexity index is 821. The molecular formula is C19H20N4O4. The number of hydrogen-bond acceptors (Lipinski definition) is 5. The van der Waals surface area contributed by atoms with E-state index in [4.69, 9.17) is 4.74 Å². The van der Waals surface area contributed by atoms with Gasteiger partial charge in [-0.1, -0.05) is 42.5 Å². The first kappa shape index (κ1) is 19.6. The molecule has 2 rings (SSSR count). The number of para-hydroxylation sites is 1. The summed E-state index contributed by atoms with van der Waals surface area (Å²) < 4.78 is 5.52. The van der Waals surface area contributed by atoms with Crippen LogP contribution in [0, 0.1) is 0 Å². The molecule has 8 nitrogen and oxygen atoms in total. The molecule has 2 aromatic rings. The molecule has 140 valence electrons. The number of nitrogens with zero attached hydrogens (tertiary/aromatic N) is 1. The van der Waals surface area contributed by atoms with Gasteiger partial charge in [-0.2, -0.15) is 5.10 Å². The van der Waals surface area contributed by atoms with Crippen LogP contribution in [0.2, 0.25) is 0 Å². The molecule has 0 radical (unpaired) electrons. The third kappa shape index (κ3) is 6.62. The highest BCUT2D eigenvalue weighted by atomic mass is 16.5. The molecule has 0 unspecified atom stereocenters. The summed E-state index contributed by atoms with van der Waals surface area (Å²) in [5.74, 6) is -1.52. The Morgan fingerprint density at radius 2 is 1.70 bits per heavy atom. The van der Waals surface area contributed by atoms with E-state index in [1.807, 2.05) is 30.3 Å². The zero-order valence-electron chi connectivity index (χ0n) is 14.8. The Morgan fingerprint density at radius 1 is 1.00 bits per heavy atom. The minimum Gasteiger partial charge on any atom is -0.483 e. The van der Waals surface area contributed by atoms with Gasteiger partial charge in [-0.25, -0.2) is 5.43 Å². The third-order valence-electron chi connectivity index (χ3n) is 3.41. The van der Waals surface area contributed by atoms with Gasteiger partial charge >= 0.3 is 11.8 Å². The molecule has 27 heavy (non-hydrogen) atoms. The van der Waals surface area contributed by atoms with E-state index >= 15 is 0 Å². The van der Waals surface area contributed by atoms with Crippen LogP contribution in [0.1, 0.15) is 11.1 Å². The average molecular weight is 368 g/mol. The molecule has 0 spiro atoms. The number of rotatable bonds is 7. The summed E-state index contributed by atoms with van der Waals surface area (Å²) in [4.78, 5) is 34.4. The Labute approximate surface area is 156 Å². The van der Waals surface area contributed by atoms with Crippen molar-refractivity contribution in [3.8, 4) is 5.75 Å². The van der Waals surface area contributed by atoms with Crippen LogP contribution >= 0.6 is 0 Å². The summed E-state index contributed by atoms with van der Waals surface area (Å²) in [6, 6.07) is 16.4. The number of likely N-dealkylation sites (N-methyl/N-ethyl adjacent to an activating group) is 1. The fraction of sp³-hybridized carbons (Fsp3) is 0.158. The van der Waals surface area contributed by atoms with Crippen molar-refractivity contribution in [3.63, 3.8) is 0 Å². The fourth-order valence-electron chi connectivity index (χ4n) is 2.03. The highest BCUT2D eigenvalue weighted by molar-refractivity contribution is 6.35. The van der Waals surface area contributed by atoms with E-state index in [9.17, 15) is 14.4 Å². The SMILES string of the molecule is CNC(=O)C(=O)N/N=C\c1ccccc1OCC(=O)NCc1ccccc1. The third-order valence-corrected chi connectivity index (χ3v) is 3.41. The van der Waals surface area contributed by atoms with Gasteiger partial charge in [-0.05, 0) is 17.7 Å². The molecule has 3 amide bonds. The van der Waals surface area contributed by atoms with Crippen LogP contribution in [-0.4, -0.2) is 37.6 Å². The largest absolute Gasteiger partial charge is 0.483 e. The van der Waals surface area contributed by atoms with E-state index in [1.54, 1.807) is 24.3 Å². The number of carbonyl (C=O) groups is 3. The topological polar surface area (TPSA) is 109 Å². The molecule has 0 aliphatic heterocycles. The summed E-state index contributed by atoms with van der Waals surface area (Å²) in [6.45, 7) is 0.250. The summed E-state index contributed by atoms with van der Waals surface area (Å²) in [5, 5.41) is 8.66. The van der Waals surface area contributed by atoms with Crippen LogP contribution in [0.4, 0.5) is 0 Å². The second kappa shape index (κ2) is 10.3. The number of ether oxygens (including phenoxy) is 1. The van der Waals surface area contributed by atoms with Gasteiger partial charge < -0.3 is 15.4 Å². The molecule has 0 aliphatic rings. The van der Waals surface area contributed by atoms with Crippen LogP contribution in [0.5, 0.6) is 5.75 Å². The lowest BCUT2D eigenvalue weighted by Gasteiger charge is -2.09. The number of carbonyl (C=O) groups excluding carboxylic acids is 3. The van der Waals surface area contributed by atoms with Gasteiger partial charge in [0.2, 0.25) is 0 Å². The Balaban J connectivity index is 1.86. The van der Waals surface area contributed by atoms with Gasteiger partial charge in [0.15, 0.2) is 6.61 Å². The maximum atomic E-state index is 11.9. The summed E-state index contributed by atoms with van der Waals surface area (Å²) in [7, 11) is 1.34. The molecule has 0 aromatic heterocycles. The summed E-state index contributed by atoms with van der Waals surface area (Å²) >= 11 is 0. The van der Waals surface area contributed by atoms with Crippen LogP contribution < -0.4 is 20.8 Å². The van der Waals surface area contributed by atoms with Gasteiger partial charge in [0, 0.05) is 19.2 Å². The number of amides is 3. The Kier molecular flexibility index (Phi) is 7.52. The van der Waals surface area contributed by atoms with Crippen LogP contribution in [-0.2, 0) is 20.9 Å². The first-order valence-corrected chi connectivity index (χ1v) is 8.17. The van der Waals surface area contributed by atoms with Crippen LogP contribution in [0.3, 0.4) is 0 Å². The van der Waals surface area contributed by atoms with Crippen molar-refractivity contribution in [2.24, 2.45) is 5.10 Å². The highest BCUT2D eigenvalue weighted by Crippen LogP contribution is 2.15. The van der Waals surface area contributed by atoms with Crippen molar-refractivity contribution in [3.05, 3.63) is 65.7 Å². The molecule has 8 heteroatoms. The van der Waals surface area contributed by atoms with E-state index in [1.165, 1.54) is 13.3 Å². The van der Waals surface area contributed by atoms with Crippen molar-refractivity contribution in [2.45, 2.75) is 6.54 Å². The molecule has 0 saturated heterocycles. The second-order valence-corrected chi connectivity index (χ2v) is 5.37. The van der Waals surface area contributed by atoms with E-state index in [2.05, 4.69) is 21.2 Å². The lowest BCUT2D eigenvalue weighted by molar-refractivity contribution is -0.138. The second-order valence-electron chi connectivity index (χ2n) is 5.37. The lowest BCUT2D eigenvalue weighted by Crippen LogP contribution is -2.35. The quantitative estimate of drug-likeness (QED) is 0.377. The molecule has 2 aromatic carbocycles. The van der Waals surface area contributed by atoms with E-state index < -0.39 is 11.8 Å². The first-order chi connectivity index (χ1) is 13.1. The van der Waals surface area contributed by atoms with E-state index in [-0.39, 0.29) is 12.5 Å². The zero-order chi connectivity index (χ0) is 19.5. The van der Waals surface area contributed by atoms with Gasteiger partial charge in [0.05, 0.1) is 6.21 Å². The normalized spacial score (nSPS) is 10.3. The predicted molar refractivity (Wildman–Crippen MR) is 100 cm³/mol. The molecule has 3 N–H and O–H groups in total. The predicted octanol–water partition coefficient (Wildman–Crippen LogP) is 0.578. The molecule has 0 saturated carbocycles. The molecule has 0 heterocycles. The highest BCUT2D eigenvalue weighted by Gasteiger charge is 2.09. The van der Waals surface area contributed by atoms with Gasteiger partial charge in [-0.15, -0.1) is 0 Å². The minimum absolute atomic E-state index is 0.164.